The van der Waals surface area contributed by atoms with E-state index in [1.165, 1.54) is 0 Å². The monoisotopic (exact) mass is 428 g/mol. The second kappa shape index (κ2) is 8.46. The van der Waals surface area contributed by atoms with Crippen molar-refractivity contribution in [3.8, 4) is 17.0 Å². The van der Waals surface area contributed by atoms with E-state index in [1.54, 1.807) is 18.0 Å². The van der Waals surface area contributed by atoms with E-state index in [2.05, 4.69) is 31.2 Å². The standard InChI is InChI=1S/C26H28N4O2/c1-6-30-24-20(16-27-30)19(15-21(28-24)17-10-8-7-9-11-17)25(31)29-22-14-18(26(2,3)4)12-13-23(22)32-5/h7-16H,6H2,1-5H3,(H,29,31). The van der Waals surface area contributed by atoms with Crippen molar-refractivity contribution in [3.63, 3.8) is 0 Å². The predicted molar refractivity (Wildman–Crippen MR) is 128 cm³/mol. The highest BCUT2D eigenvalue weighted by atomic mass is 16.5. The van der Waals surface area contributed by atoms with Gasteiger partial charge in [0.2, 0.25) is 0 Å². The van der Waals surface area contributed by atoms with Gasteiger partial charge < -0.3 is 10.1 Å². The summed E-state index contributed by atoms with van der Waals surface area (Å²) in [4.78, 5) is 18.3. The molecular weight excluding hydrogens is 400 g/mol. The van der Waals surface area contributed by atoms with Gasteiger partial charge in [0.05, 0.1) is 35.6 Å². The van der Waals surface area contributed by atoms with Gasteiger partial charge in [0.25, 0.3) is 5.91 Å². The molecule has 0 radical (unpaired) electrons. The fourth-order valence-electron chi connectivity index (χ4n) is 3.69. The molecule has 0 aliphatic rings. The number of aryl methyl sites for hydroxylation is 1. The van der Waals surface area contributed by atoms with Crippen LogP contribution in [0.25, 0.3) is 22.3 Å². The highest BCUT2D eigenvalue weighted by molar-refractivity contribution is 6.13. The average molecular weight is 429 g/mol. The Labute approximate surface area is 188 Å². The average Bonchev–Trinajstić information content (AvgIpc) is 3.21. The first-order valence-electron chi connectivity index (χ1n) is 10.7. The van der Waals surface area contributed by atoms with Crippen molar-refractivity contribution < 1.29 is 9.53 Å². The minimum Gasteiger partial charge on any atom is -0.495 e. The van der Waals surface area contributed by atoms with Gasteiger partial charge in [-0.1, -0.05) is 57.2 Å². The Kier molecular flexibility index (Phi) is 5.70. The fraction of sp³-hybridized carbons (Fsp3) is 0.269. The van der Waals surface area contributed by atoms with Crippen molar-refractivity contribution in [3.05, 3.63) is 71.9 Å². The van der Waals surface area contributed by atoms with E-state index in [1.807, 2.05) is 61.5 Å². The maximum atomic E-state index is 13.5. The molecule has 2 heterocycles. The maximum Gasteiger partial charge on any atom is 0.256 e. The largest absolute Gasteiger partial charge is 0.495 e. The molecule has 6 nitrogen and oxygen atoms in total. The van der Waals surface area contributed by atoms with Gasteiger partial charge in [-0.05, 0) is 36.1 Å². The summed E-state index contributed by atoms with van der Waals surface area (Å²) in [5.41, 5.74) is 4.58. The summed E-state index contributed by atoms with van der Waals surface area (Å²) < 4.78 is 7.31. The van der Waals surface area contributed by atoms with Gasteiger partial charge in [-0.15, -0.1) is 0 Å². The molecule has 2 aromatic heterocycles. The van der Waals surface area contributed by atoms with Crippen molar-refractivity contribution >= 4 is 22.6 Å². The Morgan fingerprint density at radius 2 is 1.84 bits per heavy atom. The van der Waals surface area contributed by atoms with Crippen LogP contribution in [-0.4, -0.2) is 27.8 Å². The molecule has 0 saturated carbocycles. The van der Waals surface area contributed by atoms with Crippen molar-refractivity contribution in [1.29, 1.82) is 0 Å². The first kappa shape index (κ1) is 21.6. The zero-order valence-electron chi connectivity index (χ0n) is 19.1. The van der Waals surface area contributed by atoms with Crippen LogP contribution in [0.2, 0.25) is 0 Å². The van der Waals surface area contributed by atoms with Crippen LogP contribution in [0.4, 0.5) is 5.69 Å². The Bertz CT molecular complexity index is 1270. The molecule has 4 rings (SSSR count). The maximum absolute atomic E-state index is 13.5. The summed E-state index contributed by atoms with van der Waals surface area (Å²) in [5.74, 6) is 0.388. The van der Waals surface area contributed by atoms with Crippen molar-refractivity contribution in [2.24, 2.45) is 0 Å². The van der Waals surface area contributed by atoms with E-state index in [0.29, 0.717) is 29.2 Å². The molecule has 0 aliphatic carbocycles. The number of ether oxygens (including phenoxy) is 1. The summed E-state index contributed by atoms with van der Waals surface area (Å²) in [5, 5.41) is 8.21. The van der Waals surface area contributed by atoms with Crippen LogP contribution < -0.4 is 10.1 Å². The van der Waals surface area contributed by atoms with Crippen LogP contribution >= 0.6 is 0 Å². The number of carbonyl (C=O) groups excluding carboxylic acids is 1. The van der Waals surface area contributed by atoms with Gasteiger partial charge in [0.15, 0.2) is 5.65 Å². The lowest BCUT2D eigenvalue weighted by Gasteiger charge is -2.21. The molecule has 0 fully saturated rings. The zero-order chi connectivity index (χ0) is 22.9. The first-order valence-corrected chi connectivity index (χ1v) is 10.7. The third-order valence-corrected chi connectivity index (χ3v) is 5.54. The number of nitrogens with one attached hydrogen (secondary N) is 1. The number of amides is 1. The lowest BCUT2D eigenvalue weighted by Crippen LogP contribution is -2.16. The third-order valence-electron chi connectivity index (χ3n) is 5.54. The number of methoxy groups -OCH3 is 1. The number of nitrogens with zero attached hydrogens (tertiary/aromatic N) is 3. The van der Waals surface area contributed by atoms with Crippen molar-refractivity contribution in [1.82, 2.24) is 14.8 Å². The van der Waals surface area contributed by atoms with E-state index in [9.17, 15) is 4.79 Å². The molecule has 1 N–H and O–H groups in total. The first-order chi connectivity index (χ1) is 15.3. The van der Waals surface area contributed by atoms with Gasteiger partial charge in [-0.2, -0.15) is 5.10 Å². The second-order valence-corrected chi connectivity index (χ2v) is 8.74. The SMILES string of the molecule is CCn1ncc2c(C(=O)Nc3cc(C(C)(C)C)ccc3OC)cc(-c3ccccc3)nc21. The smallest absolute Gasteiger partial charge is 0.256 e. The summed E-state index contributed by atoms with van der Waals surface area (Å²) >= 11 is 0. The van der Waals surface area contributed by atoms with Gasteiger partial charge in [-0.3, -0.25) is 4.79 Å². The molecule has 0 bridgehead atoms. The van der Waals surface area contributed by atoms with Crippen LogP contribution in [0.5, 0.6) is 5.75 Å². The van der Waals surface area contributed by atoms with E-state index in [-0.39, 0.29) is 11.3 Å². The van der Waals surface area contributed by atoms with Gasteiger partial charge in [0.1, 0.15) is 5.75 Å². The number of fused-ring (bicyclic) bond motifs is 1. The molecule has 0 spiro atoms. The Morgan fingerprint density at radius 3 is 2.50 bits per heavy atom. The lowest BCUT2D eigenvalue weighted by molar-refractivity contribution is 0.102. The van der Waals surface area contributed by atoms with Gasteiger partial charge in [-0.25, -0.2) is 9.67 Å². The molecule has 164 valence electrons. The van der Waals surface area contributed by atoms with Gasteiger partial charge in [0, 0.05) is 12.1 Å². The number of aromatic nitrogens is 3. The molecule has 4 aromatic rings. The molecule has 0 unspecified atom stereocenters. The van der Waals surface area contributed by atoms with E-state index in [0.717, 1.165) is 22.2 Å². The number of rotatable bonds is 5. The quantitative estimate of drug-likeness (QED) is 0.444. The minimum atomic E-state index is -0.227. The summed E-state index contributed by atoms with van der Waals surface area (Å²) in [6.07, 6.45) is 1.71. The van der Waals surface area contributed by atoms with E-state index in [4.69, 9.17) is 9.72 Å². The lowest BCUT2D eigenvalue weighted by atomic mass is 9.87. The topological polar surface area (TPSA) is 69.0 Å². The van der Waals surface area contributed by atoms with E-state index >= 15 is 0 Å². The Balaban J connectivity index is 1.81. The highest BCUT2D eigenvalue weighted by Crippen LogP contribution is 2.32. The van der Waals surface area contributed by atoms with Crippen molar-refractivity contribution in [2.45, 2.75) is 39.7 Å². The van der Waals surface area contributed by atoms with Crippen LogP contribution in [0, 0.1) is 0 Å². The minimum absolute atomic E-state index is 0.0571. The molecule has 2 aromatic carbocycles. The van der Waals surface area contributed by atoms with Crippen LogP contribution in [0.3, 0.4) is 0 Å². The molecular formula is C26H28N4O2. The summed E-state index contributed by atoms with van der Waals surface area (Å²) in [6, 6.07) is 17.6. The Morgan fingerprint density at radius 1 is 1.09 bits per heavy atom. The number of hydrogen-bond donors (Lipinski definition) is 1. The molecule has 32 heavy (non-hydrogen) atoms. The fourth-order valence-corrected chi connectivity index (χ4v) is 3.69. The Hall–Kier alpha value is -3.67. The van der Waals surface area contributed by atoms with Crippen LogP contribution in [0.1, 0.15) is 43.6 Å². The van der Waals surface area contributed by atoms with Crippen LogP contribution in [-0.2, 0) is 12.0 Å². The van der Waals surface area contributed by atoms with E-state index < -0.39 is 0 Å². The molecule has 0 saturated heterocycles. The molecule has 0 aliphatic heterocycles. The predicted octanol–water partition coefficient (Wildman–Crippen LogP) is 5.68. The third kappa shape index (κ3) is 4.08. The highest BCUT2D eigenvalue weighted by Gasteiger charge is 2.20. The zero-order valence-corrected chi connectivity index (χ0v) is 19.1. The molecule has 0 atom stereocenters. The summed E-state index contributed by atoms with van der Waals surface area (Å²) in [6.45, 7) is 9.08. The molecule has 6 heteroatoms. The number of hydrogen-bond acceptors (Lipinski definition) is 4. The number of benzene rings is 2. The van der Waals surface area contributed by atoms with Crippen LogP contribution in [0.15, 0.2) is 60.8 Å². The number of anilines is 1. The molecule has 1 amide bonds. The van der Waals surface area contributed by atoms with Crippen molar-refractivity contribution in [2.75, 3.05) is 12.4 Å². The second-order valence-electron chi connectivity index (χ2n) is 8.74. The number of carbonyl (C=O) groups is 1. The normalized spacial score (nSPS) is 11.5. The number of pyridine rings is 1. The summed E-state index contributed by atoms with van der Waals surface area (Å²) in [7, 11) is 1.60. The van der Waals surface area contributed by atoms with Gasteiger partial charge >= 0.3 is 0 Å².